The van der Waals surface area contributed by atoms with E-state index in [2.05, 4.69) is 20.7 Å². The van der Waals surface area contributed by atoms with Crippen LogP contribution in [-0.4, -0.2) is 27.6 Å². The van der Waals surface area contributed by atoms with Crippen molar-refractivity contribution in [1.82, 2.24) is 19.9 Å². The van der Waals surface area contributed by atoms with Gasteiger partial charge in [-0.2, -0.15) is 4.52 Å². The Hall–Kier alpha value is -4.24. The van der Waals surface area contributed by atoms with Crippen molar-refractivity contribution in [1.29, 1.82) is 0 Å². The molecule has 0 saturated heterocycles. The van der Waals surface area contributed by atoms with Crippen LogP contribution in [0.4, 0.5) is 10.8 Å². The molecular weight excluding hydrogens is 450 g/mol. The van der Waals surface area contributed by atoms with E-state index < -0.39 is 0 Å². The van der Waals surface area contributed by atoms with Gasteiger partial charge in [-0.1, -0.05) is 53.8 Å². The number of hydrogen-bond acceptors (Lipinski definition) is 7. The van der Waals surface area contributed by atoms with E-state index in [9.17, 15) is 9.59 Å². The Bertz CT molecular complexity index is 1560. The van der Waals surface area contributed by atoms with Gasteiger partial charge in [0.1, 0.15) is 5.75 Å². The average molecular weight is 472 g/mol. The molecule has 0 spiro atoms. The van der Waals surface area contributed by atoms with Crippen LogP contribution in [0.5, 0.6) is 5.75 Å². The standard InChI is InChI=1S/C25H21N5O3S/c1-15(16-8-4-3-5-9-16)26-22(31)17-12-13-18-20(14-17)28-25-30(23(18)32)29-24(34-25)27-19-10-6-7-11-21(19)33-2/h3-15H,1-2H3,(H,26,31)(H,27,29). The number of benzene rings is 3. The molecule has 1 unspecified atom stereocenters. The first-order valence-corrected chi connectivity index (χ1v) is 11.4. The number of ether oxygens (including phenoxy) is 1. The molecule has 0 bridgehead atoms. The van der Waals surface area contributed by atoms with Gasteiger partial charge in [0.05, 0.1) is 29.7 Å². The maximum atomic E-state index is 13.0. The summed E-state index contributed by atoms with van der Waals surface area (Å²) in [5, 5.41) is 11.4. The number of nitrogens with one attached hydrogen (secondary N) is 2. The van der Waals surface area contributed by atoms with Crippen molar-refractivity contribution in [2.45, 2.75) is 13.0 Å². The van der Waals surface area contributed by atoms with Gasteiger partial charge in [0.2, 0.25) is 10.1 Å². The number of rotatable bonds is 6. The molecule has 1 amide bonds. The van der Waals surface area contributed by atoms with Crippen LogP contribution in [0.2, 0.25) is 0 Å². The van der Waals surface area contributed by atoms with Crippen molar-refractivity contribution in [3.8, 4) is 5.75 Å². The predicted octanol–water partition coefficient (Wildman–Crippen LogP) is 4.55. The van der Waals surface area contributed by atoms with Crippen LogP contribution >= 0.6 is 11.3 Å². The Labute approximate surface area is 198 Å². The van der Waals surface area contributed by atoms with Crippen molar-refractivity contribution in [2.75, 3.05) is 12.4 Å². The first-order valence-electron chi connectivity index (χ1n) is 10.6. The topological polar surface area (TPSA) is 97.6 Å². The molecule has 9 heteroatoms. The Kier molecular flexibility index (Phi) is 5.69. The number of anilines is 2. The average Bonchev–Trinajstić information content (AvgIpc) is 3.27. The monoisotopic (exact) mass is 471 g/mol. The zero-order valence-electron chi connectivity index (χ0n) is 18.5. The third kappa shape index (κ3) is 4.08. The number of methoxy groups -OCH3 is 1. The Morgan fingerprint density at radius 2 is 1.82 bits per heavy atom. The van der Waals surface area contributed by atoms with Gasteiger partial charge in [-0.05, 0) is 42.8 Å². The van der Waals surface area contributed by atoms with Crippen molar-refractivity contribution in [2.24, 2.45) is 0 Å². The number of hydrogen-bond donors (Lipinski definition) is 2. The lowest BCUT2D eigenvalue weighted by atomic mass is 10.1. The number of carbonyl (C=O) groups is 1. The van der Waals surface area contributed by atoms with Gasteiger partial charge in [-0.25, -0.2) is 4.98 Å². The number of fused-ring (bicyclic) bond motifs is 2. The zero-order valence-corrected chi connectivity index (χ0v) is 19.3. The molecule has 0 aliphatic heterocycles. The number of para-hydroxylation sites is 2. The summed E-state index contributed by atoms with van der Waals surface area (Å²) in [5.74, 6) is 0.427. The van der Waals surface area contributed by atoms with Crippen LogP contribution in [0.25, 0.3) is 15.9 Å². The number of carbonyl (C=O) groups excluding carboxylic acids is 1. The molecule has 8 nitrogen and oxygen atoms in total. The van der Waals surface area contributed by atoms with Gasteiger partial charge in [0.25, 0.3) is 11.5 Å². The third-order valence-electron chi connectivity index (χ3n) is 5.45. The van der Waals surface area contributed by atoms with Gasteiger partial charge in [-0.3, -0.25) is 9.59 Å². The fourth-order valence-electron chi connectivity index (χ4n) is 3.67. The zero-order chi connectivity index (χ0) is 23.7. The van der Waals surface area contributed by atoms with E-state index in [4.69, 9.17) is 4.74 Å². The highest BCUT2D eigenvalue weighted by molar-refractivity contribution is 7.20. The lowest BCUT2D eigenvalue weighted by molar-refractivity contribution is 0.0940. The largest absolute Gasteiger partial charge is 0.495 e. The van der Waals surface area contributed by atoms with Crippen LogP contribution < -0.4 is 20.9 Å². The van der Waals surface area contributed by atoms with Crippen LogP contribution in [0.15, 0.2) is 77.6 Å². The van der Waals surface area contributed by atoms with E-state index in [-0.39, 0.29) is 17.5 Å². The maximum absolute atomic E-state index is 13.0. The van der Waals surface area contributed by atoms with Crippen molar-refractivity contribution < 1.29 is 9.53 Å². The summed E-state index contributed by atoms with van der Waals surface area (Å²) >= 11 is 1.24. The molecule has 2 heterocycles. The molecule has 5 rings (SSSR count). The molecule has 0 aliphatic rings. The second kappa shape index (κ2) is 8.95. The van der Waals surface area contributed by atoms with Crippen LogP contribution in [0, 0.1) is 0 Å². The number of aromatic nitrogens is 3. The van der Waals surface area contributed by atoms with Crippen LogP contribution in [0.1, 0.15) is 28.9 Å². The first-order chi connectivity index (χ1) is 16.5. The fraction of sp³-hybridized carbons (Fsp3) is 0.120. The summed E-state index contributed by atoms with van der Waals surface area (Å²) in [6.07, 6.45) is 0. The molecule has 1 atom stereocenters. The molecule has 0 fully saturated rings. The van der Waals surface area contributed by atoms with Crippen molar-refractivity contribution >= 4 is 43.9 Å². The van der Waals surface area contributed by atoms with Gasteiger partial charge in [-0.15, -0.1) is 5.10 Å². The predicted molar refractivity (Wildman–Crippen MR) is 133 cm³/mol. The lowest BCUT2D eigenvalue weighted by Crippen LogP contribution is -2.26. The molecule has 5 aromatic rings. The third-order valence-corrected chi connectivity index (χ3v) is 6.28. The first kappa shape index (κ1) is 21.6. The minimum absolute atomic E-state index is 0.157. The Morgan fingerprint density at radius 3 is 2.62 bits per heavy atom. The minimum Gasteiger partial charge on any atom is -0.495 e. The summed E-state index contributed by atoms with van der Waals surface area (Å²) in [4.78, 5) is 30.9. The van der Waals surface area contributed by atoms with E-state index in [0.29, 0.717) is 32.3 Å². The van der Waals surface area contributed by atoms with Gasteiger partial charge in [0, 0.05) is 5.56 Å². The molecule has 0 aliphatic carbocycles. The van der Waals surface area contributed by atoms with Crippen LogP contribution in [0.3, 0.4) is 0 Å². The molecule has 0 saturated carbocycles. The molecule has 3 aromatic carbocycles. The lowest BCUT2D eigenvalue weighted by Gasteiger charge is -2.14. The van der Waals surface area contributed by atoms with Crippen molar-refractivity contribution in [3.63, 3.8) is 0 Å². The highest BCUT2D eigenvalue weighted by Crippen LogP contribution is 2.29. The Balaban J connectivity index is 1.46. The van der Waals surface area contributed by atoms with Gasteiger partial charge >= 0.3 is 0 Å². The Morgan fingerprint density at radius 1 is 1.06 bits per heavy atom. The van der Waals surface area contributed by atoms with Crippen LogP contribution in [-0.2, 0) is 0 Å². The quantitative estimate of drug-likeness (QED) is 0.377. The molecule has 34 heavy (non-hydrogen) atoms. The molecule has 170 valence electrons. The molecule has 2 aromatic heterocycles. The molecule has 0 radical (unpaired) electrons. The van der Waals surface area contributed by atoms with Crippen molar-refractivity contribution in [3.05, 3.63) is 94.3 Å². The summed E-state index contributed by atoms with van der Waals surface area (Å²) < 4.78 is 6.63. The number of amides is 1. The molecular formula is C25H21N5O3S. The van der Waals surface area contributed by atoms with E-state index in [1.54, 1.807) is 25.3 Å². The summed E-state index contributed by atoms with van der Waals surface area (Å²) in [5.41, 5.74) is 2.32. The highest BCUT2D eigenvalue weighted by atomic mass is 32.1. The summed E-state index contributed by atoms with van der Waals surface area (Å²) in [7, 11) is 1.59. The van der Waals surface area contributed by atoms with E-state index in [0.717, 1.165) is 11.3 Å². The molecule has 2 N–H and O–H groups in total. The van der Waals surface area contributed by atoms with Gasteiger partial charge < -0.3 is 15.4 Å². The van der Waals surface area contributed by atoms with E-state index in [1.807, 2.05) is 61.5 Å². The highest BCUT2D eigenvalue weighted by Gasteiger charge is 2.16. The van der Waals surface area contributed by atoms with E-state index in [1.165, 1.54) is 15.9 Å². The second-order valence-electron chi connectivity index (χ2n) is 7.68. The normalized spacial score (nSPS) is 11.9. The maximum Gasteiger partial charge on any atom is 0.283 e. The minimum atomic E-state index is -0.297. The summed E-state index contributed by atoms with van der Waals surface area (Å²) in [6, 6.07) is 21.9. The van der Waals surface area contributed by atoms with Gasteiger partial charge in [0.15, 0.2) is 0 Å². The number of nitrogens with zero attached hydrogens (tertiary/aromatic N) is 3. The smallest absolute Gasteiger partial charge is 0.283 e. The SMILES string of the molecule is COc1ccccc1Nc1nn2c(=O)c3ccc(C(=O)NC(C)c4ccccc4)cc3nc2s1. The van der Waals surface area contributed by atoms with E-state index >= 15 is 0 Å². The second-order valence-corrected chi connectivity index (χ2v) is 8.64. The summed E-state index contributed by atoms with van der Waals surface area (Å²) in [6.45, 7) is 1.93. The fourth-order valence-corrected chi connectivity index (χ4v) is 4.48.